The number of fused-ring (bicyclic) bond motifs is 1. The maximum atomic E-state index is 12.1. The van der Waals surface area contributed by atoms with Crippen LogP contribution in [0.3, 0.4) is 0 Å². The zero-order chi connectivity index (χ0) is 18.1. The lowest BCUT2D eigenvalue weighted by Crippen LogP contribution is -2.36. The van der Waals surface area contributed by atoms with Gasteiger partial charge in [-0.15, -0.1) is 0 Å². The van der Waals surface area contributed by atoms with Gasteiger partial charge < -0.3 is 10.3 Å². The molecule has 7 nitrogen and oxygen atoms in total. The van der Waals surface area contributed by atoms with Crippen molar-refractivity contribution in [1.29, 1.82) is 0 Å². The van der Waals surface area contributed by atoms with Crippen LogP contribution in [0.4, 0.5) is 5.69 Å². The molecular formula is C18H19N3O4. The monoisotopic (exact) mass is 341 g/mol. The number of nitrogens with one attached hydrogen (secondary N) is 2. The number of amides is 3. The van der Waals surface area contributed by atoms with Crippen LogP contribution in [0, 0.1) is 0 Å². The second-order valence-electron chi connectivity index (χ2n) is 6.43. The number of aromatic amines is 1. The minimum Gasteiger partial charge on any atom is -0.324 e. The first-order chi connectivity index (χ1) is 11.8. The first-order valence-electron chi connectivity index (χ1n) is 8.15. The number of hydrogen-bond acceptors (Lipinski definition) is 4. The standard InChI is InChI=1S/C18H19N3O4/c1-10(2)13-8-15(22)20-14-7-11(3-4-12(13)14)19-16(23)9-21-17(24)5-6-18(21)25/h3-4,7-8,10H,5-6,9H2,1-2H3,(H,19,23)(H,20,22). The maximum Gasteiger partial charge on any atom is 0.248 e. The summed E-state index contributed by atoms with van der Waals surface area (Å²) >= 11 is 0. The molecular weight excluding hydrogens is 322 g/mol. The predicted molar refractivity (Wildman–Crippen MR) is 93.2 cm³/mol. The zero-order valence-electron chi connectivity index (χ0n) is 14.1. The SMILES string of the molecule is CC(C)c1cc(=O)[nH]c2cc(NC(=O)CN3C(=O)CCC3=O)ccc12. The summed E-state index contributed by atoms with van der Waals surface area (Å²) in [6.45, 7) is 3.72. The van der Waals surface area contributed by atoms with Gasteiger partial charge in [-0.25, -0.2) is 0 Å². The fraction of sp³-hybridized carbons (Fsp3) is 0.333. The number of rotatable bonds is 4. The Labute approximate surface area is 144 Å². The van der Waals surface area contributed by atoms with E-state index in [1.807, 2.05) is 19.9 Å². The number of carbonyl (C=O) groups is 3. The minimum absolute atomic E-state index is 0.154. The minimum atomic E-state index is -0.453. The van der Waals surface area contributed by atoms with E-state index in [4.69, 9.17) is 0 Å². The third-order valence-corrected chi connectivity index (χ3v) is 4.24. The van der Waals surface area contributed by atoms with Crippen LogP contribution in [0.2, 0.25) is 0 Å². The van der Waals surface area contributed by atoms with Crippen molar-refractivity contribution in [2.24, 2.45) is 0 Å². The van der Waals surface area contributed by atoms with E-state index in [-0.39, 0.29) is 42.7 Å². The van der Waals surface area contributed by atoms with Crippen LogP contribution in [0.5, 0.6) is 0 Å². The molecule has 2 N–H and O–H groups in total. The molecule has 130 valence electrons. The number of nitrogens with zero attached hydrogens (tertiary/aromatic N) is 1. The lowest BCUT2D eigenvalue weighted by molar-refractivity contribution is -0.141. The highest BCUT2D eigenvalue weighted by Crippen LogP contribution is 2.25. The molecule has 0 saturated carbocycles. The van der Waals surface area contributed by atoms with Crippen LogP contribution < -0.4 is 10.9 Å². The smallest absolute Gasteiger partial charge is 0.248 e. The molecule has 0 radical (unpaired) electrons. The van der Waals surface area contributed by atoms with E-state index in [1.165, 1.54) is 0 Å². The van der Waals surface area contributed by atoms with Crippen molar-refractivity contribution in [3.63, 3.8) is 0 Å². The Balaban J connectivity index is 1.82. The van der Waals surface area contributed by atoms with Crippen molar-refractivity contribution in [3.05, 3.63) is 40.2 Å². The largest absolute Gasteiger partial charge is 0.324 e. The number of anilines is 1. The average Bonchev–Trinajstić information content (AvgIpc) is 2.85. The number of pyridine rings is 1. The average molecular weight is 341 g/mol. The van der Waals surface area contributed by atoms with Gasteiger partial charge in [0.25, 0.3) is 0 Å². The molecule has 1 aliphatic rings. The summed E-state index contributed by atoms with van der Waals surface area (Å²) in [5.41, 5.74) is 1.85. The first kappa shape index (κ1) is 16.9. The van der Waals surface area contributed by atoms with Crippen LogP contribution in [0.25, 0.3) is 10.9 Å². The molecule has 1 fully saturated rings. The van der Waals surface area contributed by atoms with Crippen molar-refractivity contribution in [2.75, 3.05) is 11.9 Å². The van der Waals surface area contributed by atoms with E-state index in [0.717, 1.165) is 15.8 Å². The number of hydrogen-bond donors (Lipinski definition) is 2. The van der Waals surface area contributed by atoms with Crippen LogP contribution in [0.15, 0.2) is 29.1 Å². The Hall–Kier alpha value is -2.96. The Bertz CT molecular complexity index is 914. The van der Waals surface area contributed by atoms with Crippen LogP contribution in [0.1, 0.15) is 38.2 Å². The highest BCUT2D eigenvalue weighted by Gasteiger charge is 2.30. The fourth-order valence-electron chi connectivity index (χ4n) is 2.99. The molecule has 1 saturated heterocycles. The molecule has 3 amide bonds. The molecule has 2 heterocycles. The molecule has 0 spiro atoms. The molecule has 2 aromatic rings. The van der Waals surface area contributed by atoms with Crippen molar-refractivity contribution in [1.82, 2.24) is 9.88 Å². The Kier molecular flexibility index (Phi) is 4.39. The number of carbonyl (C=O) groups excluding carboxylic acids is 3. The van der Waals surface area contributed by atoms with E-state index >= 15 is 0 Å². The second-order valence-corrected chi connectivity index (χ2v) is 6.43. The van der Waals surface area contributed by atoms with Crippen molar-refractivity contribution in [3.8, 4) is 0 Å². The van der Waals surface area contributed by atoms with Crippen molar-refractivity contribution in [2.45, 2.75) is 32.6 Å². The highest BCUT2D eigenvalue weighted by molar-refractivity contribution is 6.06. The number of aromatic nitrogens is 1. The number of benzene rings is 1. The van der Waals surface area contributed by atoms with Crippen LogP contribution in [-0.2, 0) is 14.4 Å². The van der Waals surface area contributed by atoms with E-state index in [2.05, 4.69) is 10.3 Å². The summed E-state index contributed by atoms with van der Waals surface area (Å²) in [5.74, 6) is -0.920. The Morgan fingerprint density at radius 1 is 1.16 bits per heavy atom. The van der Waals surface area contributed by atoms with Crippen molar-refractivity contribution < 1.29 is 14.4 Å². The predicted octanol–water partition coefficient (Wildman–Crippen LogP) is 1.74. The second kappa shape index (κ2) is 6.51. The molecule has 3 rings (SSSR count). The molecule has 1 aliphatic heterocycles. The normalized spacial score (nSPS) is 14.6. The molecule has 1 aromatic heterocycles. The van der Waals surface area contributed by atoms with Gasteiger partial charge in [-0.05, 0) is 23.6 Å². The molecule has 0 unspecified atom stereocenters. The van der Waals surface area contributed by atoms with Gasteiger partial charge >= 0.3 is 0 Å². The van der Waals surface area contributed by atoms with Gasteiger partial charge in [-0.3, -0.25) is 24.1 Å². The van der Waals surface area contributed by atoms with E-state index in [1.54, 1.807) is 18.2 Å². The van der Waals surface area contributed by atoms with Gasteiger partial charge in [0.1, 0.15) is 6.54 Å². The molecule has 0 atom stereocenters. The number of imide groups is 1. The van der Waals surface area contributed by atoms with Gasteiger partial charge in [0, 0.05) is 30.0 Å². The van der Waals surface area contributed by atoms with Gasteiger partial charge in [-0.1, -0.05) is 19.9 Å². The van der Waals surface area contributed by atoms with Gasteiger partial charge in [0.15, 0.2) is 0 Å². The quantitative estimate of drug-likeness (QED) is 0.827. The van der Waals surface area contributed by atoms with Crippen LogP contribution in [-0.4, -0.2) is 34.2 Å². The highest BCUT2D eigenvalue weighted by atomic mass is 16.2. The van der Waals surface area contributed by atoms with E-state index < -0.39 is 5.91 Å². The fourth-order valence-corrected chi connectivity index (χ4v) is 2.99. The van der Waals surface area contributed by atoms with Gasteiger partial charge in [0.2, 0.25) is 23.3 Å². The lowest BCUT2D eigenvalue weighted by atomic mass is 9.99. The lowest BCUT2D eigenvalue weighted by Gasteiger charge is -2.14. The molecule has 0 aliphatic carbocycles. The third-order valence-electron chi connectivity index (χ3n) is 4.24. The molecule has 7 heteroatoms. The first-order valence-corrected chi connectivity index (χ1v) is 8.15. The summed E-state index contributed by atoms with van der Waals surface area (Å²) in [6.07, 6.45) is 0.308. The third kappa shape index (κ3) is 3.45. The summed E-state index contributed by atoms with van der Waals surface area (Å²) in [4.78, 5) is 50.8. The van der Waals surface area contributed by atoms with Crippen LogP contribution >= 0.6 is 0 Å². The Morgan fingerprint density at radius 2 is 1.84 bits per heavy atom. The maximum absolute atomic E-state index is 12.1. The van der Waals surface area contributed by atoms with Crippen molar-refractivity contribution >= 4 is 34.3 Å². The molecule has 25 heavy (non-hydrogen) atoms. The van der Waals surface area contributed by atoms with Gasteiger partial charge in [0.05, 0.1) is 5.52 Å². The molecule has 1 aromatic carbocycles. The van der Waals surface area contributed by atoms with E-state index in [0.29, 0.717) is 11.2 Å². The summed E-state index contributed by atoms with van der Waals surface area (Å²) in [7, 11) is 0. The molecule has 0 bridgehead atoms. The van der Waals surface area contributed by atoms with Gasteiger partial charge in [-0.2, -0.15) is 0 Å². The van der Waals surface area contributed by atoms with E-state index in [9.17, 15) is 19.2 Å². The number of likely N-dealkylation sites (tertiary alicyclic amines) is 1. The summed E-state index contributed by atoms with van der Waals surface area (Å²) < 4.78 is 0. The zero-order valence-corrected chi connectivity index (χ0v) is 14.1. The summed E-state index contributed by atoms with van der Waals surface area (Å²) in [5, 5.41) is 3.58. The number of H-pyrrole nitrogens is 1. The Morgan fingerprint density at radius 3 is 2.48 bits per heavy atom. The summed E-state index contributed by atoms with van der Waals surface area (Å²) in [6, 6.07) is 6.82. The topological polar surface area (TPSA) is 99.3 Å².